The number of hydrogen-bond donors (Lipinski definition) is 0. The third-order valence-electron chi connectivity index (χ3n) is 3.95. The Hall–Kier alpha value is -1.33. The summed E-state index contributed by atoms with van der Waals surface area (Å²) in [5, 5.41) is 0. The maximum Gasteiger partial charge on any atom is 0.157 e. The lowest BCUT2D eigenvalue weighted by atomic mass is 10.3. The molecule has 4 nitrogen and oxygen atoms in total. The molecule has 0 amide bonds. The van der Waals surface area contributed by atoms with Crippen molar-refractivity contribution >= 4 is 88.6 Å². The van der Waals surface area contributed by atoms with Gasteiger partial charge in [0.05, 0.1) is 14.6 Å². The molecule has 25 heavy (non-hydrogen) atoms. The number of nitrogens with zero attached hydrogens (tertiary/aromatic N) is 4. The highest BCUT2D eigenvalue weighted by Crippen LogP contribution is 2.33. The molecule has 124 valence electrons. The van der Waals surface area contributed by atoms with Gasteiger partial charge in [0.15, 0.2) is 14.5 Å². The minimum Gasteiger partial charge on any atom is -0.279 e. The fourth-order valence-electron chi connectivity index (χ4n) is 2.89. The maximum absolute atomic E-state index is 5.51. The summed E-state index contributed by atoms with van der Waals surface area (Å²) in [6.07, 6.45) is 0. The number of fused-ring (bicyclic) bond motifs is 3. The van der Waals surface area contributed by atoms with E-state index in [1.807, 2.05) is 60.4 Å². The molecule has 0 aliphatic heterocycles. The van der Waals surface area contributed by atoms with Crippen LogP contribution < -0.4 is 4.90 Å². The van der Waals surface area contributed by atoms with E-state index in [1.165, 1.54) is 0 Å². The monoisotopic (exact) mass is 570 g/mol. The first-order chi connectivity index (χ1) is 12.1. The largest absolute Gasteiger partial charge is 0.279 e. The fraction of sp³-hybridized carbons (Fsp3) is 0.0556. The second-order valence-corrected chi connectivity index (χ2v) is 8.70. The normalized spacial score (nSPS) is 11.2. The lowest BCUT2D eigenvalue weighted by Crippen LogP contribution is -2.22. The summed E-state index contributed by atoms with van der Waals surface area (Å²) < 4.78 is 3.79. The number of thiocarbonyl (C=S) groups is 1. The van der Waals surface area contributed by atoms with E-state index in [0.717, 1.165) is 37.6 Å². The zero-order valence-electron chi connectivity index (χ0n) is 13.1. The number of hydrogen-bond acceptors (Lipinski definition) is 3. The average Bonchev–Trinajstić information content (AvgIpc) is 3.00. The van der Waals surface area contributed by atoms with Gasteiger partial charge in [-0.15, -0.1) is 0 Å². The van der Waals surface area contributed by atoms with E-state index in [-0.39, 0.29) is 0 Å². The van der Waals surface area contributed by atoms with Crippen molar-refractivity contribution in [3.8, 4) is 0 Å². The molecule has 0 N–H and O–H groups in total. The molecule has 2 heterocycles. The van der Waals surface area contributed by atoms with Gasteiger partial charge in [-0.05, 0) is 76.4 Å². The number of aromatic nitrogens is 3. The van der Waals surface area contributed by atoms with Crippen LogP contribution in [0.4, 0.5) is 11.5 Å². The van der Waals surface area contributed by atoms with Gasteiger partial charge in [0.25, 0.3) is 0 Å². The fourth-order valence-corrected chi connectivity index (χ4v) is 4.31. The van der Waals surface area contributed by atoms with Crippen molar-refractivity contribution in [3.05, 3.63) is 64.0 Å². The molecule has 0 unspecified atom stereocenters. The molecule has 0 spiro atoms. The second kappa shape index (κ2) is 6.76. The van der Waals surface area contributed by atoms with Gasteiger partial charge in [-0.2, -0.15) is 0 Å². The van der Waals surface area contributed by atoms with Crippen LogP contribution in [-0.4, -0.2) is 17.4 Å². The first-order valence-corrected chi connectivity index (χ1v) is 10.1. The Morgan fingerprint density at radius 2 is 1.72 bits per heavy atom. The van der Waals surface area contributed by atoms with Crippen LogP contribution in [0.1, 0.15) is 5.82 Å². The summed E-state index contributed by atoms with van der Waals surface area (Å²) in [5.74, 6) is 1.69. The highest BCUT2D eigenvalue weighted by Gasteiger charge is 2.22. The number of imidazole rings is 1. The van der Waals surface area contributed by atoms with E-state index in [2.05, 4.69) is 55.6 Å². The number of aryl methyl sites for hydroxylation is 1. The molecule has 0 atom stereocenters. The summed E-state index contributed by atoms with van der Waals surface area (Å²) in [5.41, 5.74) is 3.92. The Bertz CT molecular complexity index is 1110. The Labute approximate surface area is 177 Å². The van der Waals surface area contributed by atoms with Crippen LogP contribution in [0.2, 0.25) is 0 Å². The van der Waals surface area contributed by atoms with Crippen molar-refractivity contribution in [2.45, 2.75) is 6.92 Å². The van der Waals surface area contributed by atoms with E-state index in [0.29, 0.717) is 3.00 Å². The standard InChI is InChI=1S/C18H12I2N4S/c1-11-21-16(24(18(20)25)12-7-3-2-4-8-12)15(19)17-22-13-9-5-6-10-14(13)23(11)17/h2-10H,1H3. The Balaban J connectivity index is 2.03. The molecule has 7 heteroatoms. The lowest BCUT2D eigenvalue weighted by Gasteiger charge is -2.23. The summed E-state index contributed by atoms with van der Waals surface area (Å²) >= 11 is 9.99. The van der Waals surface area contributed by atoms with Crippen LogP contribution in [0, 0.1) is 10.5 Å². The zero-order valence-corrected chi connectivity index (χ0v) is 18.3. The van der Waals surface area contributed by atoms with Gasteiger partial charge in [0, 0.05) is 5.69 Å². The van der Waals surface area contributed by atoms with E-state index in [1.54, 1.807) is 0 Å². The highest BCUT2D eigenvalue weighted by atomic mass is 127. The van der Waals surface area contributed by atoms with Crippen molar-refractivity contribution in [2.24, 2.45) is 0 Å². The van der Waals surface area contributed by atoms with E-state index in [9.17, 15) is 0 Å². The molecule has 0 saturated heterocycles. The molecule has 4 aromatic rings. The Kier molecular flexibility index (Phi) is 4.63. The topological polar surface area (TPSA) is 33.4 Å². The zero-order chi connectivity index (χ0) is 17.6. The van der Waals surface area contributed by atoms with E-state index >= 15 is 0 Å². The van der Waals surface area contributed by atoms with Crippen molar-refractivity contribution in [1.29, 1.82) is 0 Å². The molecule has 4 rings (SSSR count). The lowest BCUT2D eigenvalue weighted by molar-refractivity contribution is 0.994. The van der Waals surface area contributed by atoms with Gasteiger partial charge in [-0.3, -0.25) is 9.30 Å². The minimum atomic E-state index is 0.717. The van der Waals surface area contributed by atoms with Crippen LogP contribution >= 0.6 is 57.4 Å². The van der Waals surface area contributed by atoms with Crippen molar-refractivity contribution in [1.82, 2.24) is 14.4 Å². The predicted molar refractivity (Wildman–Crippen MR) is 123 cm³/mol. The smallest absolute Gasteiger partial charge is 0.157 e. The Morgan fingerprint density at radius 1 is 1.04 bits per heavy atom. The van der Waals surface area contributed by atoms with Crippen molar-refractivity contribution in [2.75, 3.05) is 4.90 Å². The summed E-state index contributed by atoms with van der Waals surface area (Å²) in [6, 6.07) is 18.2. The van der Waals surface area contributed by atoms with Gasteiger partial charge in [0.2, 0.25) is 0 Å². The first kappa shape index (κ1) is 17.1. The maximum atomic E-state index is 5.51. The summed E-state index contributed by atoms with van der Waals surface area (Å²) in [6.45, 7) is 2.00. The molecule has 0 aliphatic rings. The van der Waals surface area contributed by atoms with E-state index < -0.39 is 0 Å². The molecule has 0 bridgehead atoms. The number of benzene rings is 2. The number of anilines is 2. The molecule has 2 aromatic heterocycles. The van der Waals surface area contributed by atoms with Crippen molar-refractivity contribution < 1.29 is 0 Å². The van der Waals surface area contributed by atoms with Gasteiger partial charge in [0.1, 0.15) is 5.82 Å². The molecule has 2 aromatic carbocycles. The van der Waals surface area contributed by atoms with E-state index in [4.69, 9.17) is 22.2 Å². The van der Waals surface area contributed by atoms with Crippen LogP contribution in [0.25, 0.3) is 16.7 Å². The summed E-state index contributed by atoms with van der Waals surface area (Å²) in [4.78, 5) is 11.7. The highest BCUT2D eigenvalue weighted by molar-refractivity contribution is 14.1. The van der Waals surface area contributed by atoms with Crippen LogP contribution in [0.5, 0.6) is 0 Å². The van der Waals surface area contributed by atoms with Gasteiger partial charge in [-0.25, -0.2) is 9.97 Å². The quantitative estimate of drug-likeness (QED) is 0.135. The first-order valence-electron chi connectivity index (χ1n) is 7.56. The van der Waals surface area contributed by atoms with Gasteiger partial charge in [-0.1, -0.05) is 42.5 Å². The van der Waals surface area contributed by atoms with Crippen LogP contribution in [-0.2, 0) is 0 Å². The Morgan fingerprint density at radius 3 is 2.44 bits per heavy atom. The van der Waals surface area contributed by atoms with Crippen LogP contribution in [0.3, 0.4) is 0 Å². The van der Waals surface area contributed by atoms with Crippen LogP contribution in [0.15, 0.2) is 54.6 Å². The average molecular weight is 570 g/mol. The van der Waals surface area contributed by atoms with Gasteiger partial charge >= 0.3 is 0 Å². The number of rotatable bonds is 2. The third kappa shape index (κ3) is 2.91. The molecular formula is C18H12I2N4S. The second-order valence-electron chi connectivity index (χ2n) is 5.48. The molecule has 0 radical (unpaired) electrons. The van der Waals surface area contributed by atoms with Gasteiger partial charge < -0.3 is 0 Å². The molecular weight excluding hydrogens is 558 g/mol. The summed E-state index contributed by atoms with van der Waals surface area (Å²) in [7, 11) is 0. The molecule has 0 aliphatic carbocycles. The van der Waals surface area contributed by atoms with Crippen molar-refractivity contribution in [3.63, 3.8) is 0 Å². The molecule has 0 saturated carbocycles. The minimum absolute atomic E-state index is 0.717. The SMILES string of the molecule is Cc1nc(N(C(=S)I)c2ccccc2)c(I)c2nc3ccccc3n12. The number of para-hydroxylation sites is 3. The third-order valence-corrected chi connectivity index (χ3v) is 5.58. The molecule has 0 fully saturated rings. The predicted octanol–water partition coefficient (Wildman–Crippen LogP) is 5.65. The number of halogens is 2.